The van der Waals surface area contributed by atoms with Gasteiger partial charge in [-0.2, -0.15) is 0 Å². The van der Waals surface area contributed by atoms with Crippen molar-refractivity contribution in [3.05, 3.63) is 35.6 Å². The van der Waals surface area contributed by atoms with E-state index in [1.165, 1.54) is 18.2 Å². The number of likely N-dealkylation sites (tertiary alicyclic amines) is 1. The first-order chi connectivity index (χ1) is 9.50. The molecule has 0 radical (unpaired) electrons. The van der Waals surface area contributed by atoms with Gasteiger partial charge in [-0.05, 0) is 24.5 Å². The molecule has 1 heterocycles. The van der Waals surface area contributed by atoms with E-state index in [1.807, 2.05) is 13.8 Å². The van der Waals surface area contributed by atoms with E-state index in [0.717, 1.165) is 19.5 Å². The Labute approximate surface area is 118 Å². The van der Waals surface area contributed by atoms with Crippen LogP contribution in [0.3, 0.4) is 0 Å². The largest absolute Gasteiger partial charge is 0.341 e. The first kappa shape index (κ1) is 14.5. The van der Waals surface area contributed by atoms with Gasteiger partial charge in [0.15, 0.2) is 0 Å². The Balaban J connectivity index is 2.10. The van der Waals surface area contributed by atoms with Gasteiger partial charge >= 0.3 is 0 Å². The van der Waals surface area contributed by atoms with Crippen LogP contribution in [0.25, 0.3) is 0 Å². The van der Waals surface area contributed by atoms with Crippen LogP contribution in [0.1, 0.15) is 30.6 Å². The number of nitrogens with one attached hydrogen (secondary N) is 1. The Morgan fingerprint density at radius 1 is 1.25 bits per heavy atom. The lowest BCUT2D eigenvalue weighted by molar-refractivity contribution is -0.137. The molecule has 0 bridgehead atoms. The fourth-order valence-corrected chi connectivity index (χ4v) is 2.11. The second-order valence-electron chi connectivity index (χ2n) is 5.35. The predicted molar refractivity (Wildman–Crippen MR) is 73.7 cm³/mol. The number of benzene rings is 1. The van der Waals surface area contributed by atoms with Crippen molar-refractivity contribution in [3.63, 3.8) is 0 Å². The third kappa shape index (κ3) is 2.98. The number of halogens is 1. The molecule has 1 aliphatic heterocycles. The third-order valence-electron chi connectivity index (χ3n) is 3.51. The lowest BCUT2D eigenvalue weighted by Gasteiger charge is -2.35. The van der Waals surface area contributed by atoms with E-state index in [1.54, 1.807) is 11.0 Å². The van der Waals surface area contributed by atoms with Crippen LogP contribution in [0.4, 0.5) is 4.39 Å². The van der Waals surface area contributed by atoms with E-state index in [9.17, 15) is 14.0 Å². The molecule has 1 N–H and O–H groups in total. The number of carbonyl (C=O) groups is 2. The molecular weight excluding hydrogens is 259 g/mol. The van der Waals surface area contributed by atoms with Crippen molar-refractivity contribution in [1.29, 1.82) is 0 Å². The van der Waals surface area contributed by atoms with E-state index in [-0.39, 0.29) is 17.4 Å². The summed E-state index contributed by atoms with van der Waals surface area (Å²) in [6.45, 7) is 5.20. The molecule has 1 saturated heterocycles. The van der Waals surface area contributed by atoms with Crippen LogP contribution in [0.5, 0.6) is 0 Å². The third-order valence-corrected chi connectivity index (χ3v) is 3.51. The molecule has 108 valence electrons. The van der Waals surface area contributed by atoms with E-state index >= 15 is 0 Å². The van der Waals surface area contributed by atoms with Gasteiger partial charge in [-0.3, -0.25) is 9.59 Å². The van der Waals surface area contributed by atoms with Gasteiger partial charge in [0.2, 0.25) is 5.91 Å². The minimum Gasteiger partial charge on any atom is -0.341 e. The summed E-state index contributed by atoms with van der Waals surface area (Å²) >= 11 is 0. The molecule has 20 heavy (non-hydrogen) atoms. The molecule has 2 amide bonds. The van der Waals surface area contributed by atoms with Crippen molar-refractivity contribution in [3.8, 4) is 0 Å². The molecule has 1 aliphatic rings. The van der Waals surface area contributed by atoms with Crippen LogP contribution in [0, 0.1) is 11.7 Å². The molecule has 4 nitrogen and oxygen atoms in total. The first-order valence-electron chi connectivity index (χ1n) is 6.85. The Hall–Kier alpha value is -1.91. The van der Waals surface area contributed by atoms with Crippen LogP contribution in [-0.2, 0) is 4.79 Å². The normalized spacial score (nSPS) is 15.7. The maximum Gasteiger partial charge on any atom is 0.254 e. The second-order valence-corrected chi connectivity index (χ2v) is 5.35. The minimum atomic E-state index is -0.609. The SMILES string of the molecule is CC(C)C(NC(=O)c1ccccc1F)C(=O)N1CCC1. The zero-order valence-corrected chi connectivity index (χ0v) is 11.7. The van der Waals surface area contributed by atoms with Crippen molar-refractivity contribution < 1.29 is 14.0 Å². The summed E-state index contributed by atoms with van der Waals surface area (Å²) in [6, 6.07) is 5.16. The highest BCUT2D eigenvalue weighted by atomic mass is 19.1. The van der Waals surface area contributed by atoms with Crippen molar-refractivity contribution in [2.24, 2.45) is 5.92 Å². The number of amides is 2. The van der Waals surface area contributed by atoms with Crippen LogP contribution < -0.4 is 5.32 Å². The van der Waals surface area contributed by atoms with Crippen LogP contribution in [-0.4, -0.2) is 35.8 Å². The Kier molecular flexibility index (Phi) is 4.37. The van der Waals surface area contributed by atoms with E-state index in [4.69, 9.17) is 0 Å². The van der Waals surface area contributed by atoms with Gasteiger partial charge in [0.05, 0.1) is 5.56 Å². The van der Waals surface area contributed by atoms with Crippen LogP contribution in [0.15, 0.2) is 24.3 Å². The van der Waals surface area contributed by atoms with Crippen LogP contribution >= 0.6 is 0 Å². The number of carbonyl (C=O) groups excluding carboxylic acids is 2. The lowest BCUT2D eigenvalue weighted by Crippen LogP contribution is -2.55. The number of hydrogen-bond acceptors (Lipinski definition) is 2. The molecule has 5 heteroatoms. The number of nitrogens with zero attached hydrogens (tertiary/aromatic N) is 1. The number of hydrogen-bond donors (Lipinski definition) is 1. The monoisotopic (exact) mass is 278 g/mol. The summed E-state index contributed by atoms with van der Waals surface area (Å²) in [6.07, 6.45) is 0.998. The Morgan fingerprint density at radius 3 is 2.40 bits per heavy atom. The van der Waals surface area contributed by atoms with Crippen molar-refractivity contribution in [1.82, 2.24) is 10.2 Å². The molecule has 0 saturated carbocycles. The van der Waals surface area contributed by atoms with Gasteiger partial charge in [-0.15, -0.1) is 0 Å². The van der Waals surface area contributed by atoms with Crippen LogP contribution in [0.2, 0.25) is 0 Å². The lowest BCUT2D eigenvalue weighted by atomic mass is 10.0. The summed E-state index contributed by atoms with van der Waals surface area (Å²) in [5, 5.41) is 2.65. The Morgan fingerprint density at radius 2 is 1.90 bits per heavy atom. The zero-order valence-electron chi connectivity index (χ0n) is 11.7. The molecule has 1 atom stereocenters. The summed E-state index contributed by atoms with van der Waals surface area (Å²) in [5.74, 6) is -1.26. The maximum atomic E-state index is 13.6. The average Bonchev–Trinajstić information content (AvgIpc) is 2.33. The smallest absolute Gasteiger partial charge is 0.254 e. The van der Waals surface area contributed by atoms with Gasteiger partial charge in [0.1, 0.15) is 11.9 Å². The minimum absolute atomic E-state index is 0.0328. The highest BCUT2D eigenvalue weighted by molar-refractivity contribution is 5.97. The molecule has 0 aromatic heterocycles. The highest BCUT2D eigenvalue weighted by Crippen LogP contribution is 2.14. The van der Waals surface area contributed by atoms with Gasteiger partial charge in [0, 0.05) is 13.1 Å². The zero-order chi connectivity index (χ0) is 14.7. The molecule has 1 aromatic carbocycles. The topological polar surface area (TPSA) is 49.4 Å². The van der Waals surface area contributed by atoms with Gasteiger partial charge in [-0.25, -0.2) is 4.39 Å². The molecular formula is C15H19FN2O2. The molecule has 2 rings (SSSR count). The fourth-order valence-electron chi connectivity index (χ4n) is 2.11. The quantitative estimate of drug-likeness (QED) is 0.913. The highest BCUT2D eigenvalue weighted by Gasteiger charge is 2.31. The number of rotatable bonds is 4. The molecule has 0 spiro atoms. The standard InChI is InChI=1S/C15H19FN2O2/c1-10(2)13(15(20)18-8-5-9-18)17-14(19)11-6-3-4-7-12(11)16/h3-4,6-7,10,13H,5,8-9H2,1-2H3,(H,17,19). The molecule has 1 aromatic rings. The van der Waals surface area contributed by atoms with E-state index < -0.39 is 17.8 Å². The van der Waals surface area contributed by atoms with Gasteiger partial charge in [-0.1, -0.05) is 26.0 Å². The average molecular weight is 278 g/mol. The maximum absolute atomic E-state index is 13.6. The molecule has 1 unspecified atom stereocenters. The van der Waals surface area contributed by atoms with Crippen molar-refractivity contribution in [2.75, 3.05) is 13.1 Å². The predicted octanol–water partition coefficient (Wildman–Crippen LogP) is 1.81. The van der Waals surface area contributed by atoms with Gasteiger partial charge < -0.3 is 10.2 Å². The van der Waals surface area contributed by atoms with Crippen molar-refractivity contribution >= 4 is 11.8 Å². The summed E-state index contributed by atoms with van der Waals surface area (Å²) in [5.41, 5.74) is -0.0328. The van der Waals surface area contributed by atoms with E-state index in [0.29, 0.717) is 0 Å². The molecule has 1 fully saturated rings. The van der Waals surface area contributed by atoms with Crippen molar-refractivity contribution in [2.45, 2.75) is 26.3 Å². The fraction of sp³-hybridized carbons (Fsp3) is 0.467. The molecule has 0 aliphatic carbocycles. The second kappa shape index (κ2) is 6.03. The summed E-state index contributed by atoms with van der Waals surface area (Å²) in [7, 11) is 0. The Bertz CT molecular complexity index is 512. The van der Waals surface area contributed by atoms with E-state index in [2.05, 4.69) is 5.32 Å². The summed E-state index contributed by atoms with van der Waals surface area (Å²) < 4.78 is 13.6. The van der Waals surface area contributed by atoms with Gasteiger partial charge in [0.25, 0.3) is 5.91 Å². The summed E-state index contributed by atoms with van der Waals surface area (Å²) in [4.78, 5) is 26.0. The first-order valence-corrected chi connectivity index (χ1v) is 6.85.